The van der Waals surface area contributed by atoms with Crippen molar-refractivity contribution in [2.24, 2.45) is 0 Å². The Bertz CT molecular complexity index is 624. The molecule has 0 unspecified atom stereocenters. The number of hydrogen-bond acceptors (Lipinski definition) is 5. The second kappa shape index (κ2) is 4.47. The molecule has 0 spiro atoms. The van der Waals surface area contributed by atoms with Gasteiger partial charge in [-0.05, 0) is 25.7 Å². The van der Waals surface area contributed by atoms with E-state index in [-0.39, 0.29) is 0 Å². The Morgan fingerprint density at radius 2 is 1.95 bits per heavy atom. The molecule has 3 heterocycles. The maximum absolute atomic E-state index is 5.87. The van der Waals surface area contributed by atoms with E-state index < -0.39 is 0 Å². The van der Waals surface area contributed by atoms with Crippen LogP contribution >= 0.6 is 0 Å². The van der Waals surface area contributed by atoms with Crippen LogP contribution in [0.5, 0.6) is 0 Å². The average molecular weight is 270 g/mol. The van der Waals surface area contributed by atoms with Gasteiger partial charge in [0.1, 0.15) is 5.82 Å². The van der Waals surface area contributed by atoms with Crippen LogP contribution in [0.4, 0.5) is 11.8 Å². The highest BCUT2D eigenvalue weighted by atomic mass is 15.3. The standard InChI is InChI=1S/C14H18N6/c15-14-17-12(7-13(18-14)19-5-1-2-6-19)10-8-16-20(9-10)11-3-4-11/h7-9,11H,1-6H2,(H2,15,17,18). The summed E-state index contributed by atoms with van der Waals surface area (Å²) in [6.07, 6.45) is 8.83. The van der Waals surface area contributed by atoms with Crippen LogP contribution in [0, 0.1) is 0 Å². The molecule has 1 aliphatic carbocycles. The van der Waals surface area contributed by atoms with Crippen LogP contribution < -0.4 is 10.6 Å². The van der Waals surface area contributed by atoms with E-state index in [4.69, 9.17) is 5.73 Å². The van der Waals surface area contributed by atoms with E-state index >= 15 is 0 Å². The van der Waals surface area contributed by atoms with E-state index in [1.165, 1.54) is 25.7 Å². The zero-order valence-electron chi connectivity index (χ0n) is 11.4. The van der Waals surface area contributed by atoms with Gasteiger partial charge >= 0.3 is 0 Å². The number of anilines is 2. The fourth-order valence-corrected chi connectivity index (χ4v) is 2.72. The number of rotatable bonds is 3. The van der Waals surface area contributed by atoms with Gasteiger partial charge < -0.3 is 10.6 Å². The Labute approximate surface area is 117 Å². The predicted molar refractivity (Wildman–Crippen MR) is 77.4 cm³/mol. The molecule has 1 saturated carbocycles. The molecule has 0 radical (unpaired) electrons. The molecular weight excluding hydrogens is 252 g/mol. The van der Waals surface area contributed by atoms with E-state index in [0.717, 1.165) is 30.2 Å². The van der Waals surface area contributed by atoms with Gasteiger partial charge in [0.15, 0.2) is 0 Å². The second-order valence-corrected chi connectivity index (χ2v) is 5.60. The van der Waals surface area contributed by atoms with Gasteiger partial charge in [0.2, 0.25) is 5.95 Å². The summed E-state index contributed by atoms with van der Waals surface area (Å²) in [7, 11) is 0. The van der Waals surface area contributed by atoms with Crippen molar-refractivity contribution in [3.05, 3.63) is 18.5 Å². The van der Waals surface area contributed by atoms with Crippen LogP contribution in [0.1, 0.15) is 31.7 Å². The number of nitrogen functional groups attached to an aromatic ring is 1. The maximum atomic E-state index is 5.87. The first-order valence-electron chi connectivity index (χ1n) is 7.23. The summed E-state index contributed by atoms with van der Waals surface area (Å²) < 4.78 is 2.03. The molecule has 0 bridgehead atoms. The fourth-order valence-electron chi connectivity index (χ4n) is 2.72. The molecule has 2 aliphatic rings. The molecule has 6 heteroatoms. The third kappa shape index (κ3) is 2.11. The third-order valence-corrected chi connectivity index (χ3v) is 3.98. The van der Waals surface area contributed by atoms with Crippen LogP contribution in [0.25, 0.3) is 11.3 Å². The Balaban J connectivity index is 1.68. The molecule has 20 heavy (non-hydrogen) atoms. The van der Waals surface area contributed by atoms with Crippen molar-refractivity contribution in [2.45, 2.75) is 31.7 Å². The number of aromatic nitrogens is 4. The first-order chi connectivity index (χ1) is 9.79. The van der Waals surface area contributed by atoms with Crippen molar-refractivity contribution >= 4 is 11.8 Å². The Kier molecular flexibility index (Phi) is 2.61. The summed E-state index contributed by atoms with van der Waals surface area (Å²) in [6, 6.07) is 2.61. The van der Waals surface area contributed by atoms with Gasteiger partial charge in [-0.25, -0.2) is 4.98 Å². The second-order valence-electron chi connectivity index (χ2n) is 5.60. The Morgan fingerprint density at radius 3 is 2.70 bits per heavy atom. The molecule has 0 amide bonds. The maximum Gasteiger partial charge on any atom is 0.222 e. The molecule has 2 aromatic heterocycles. The van der Waals surface area contributed by atoms with E-state index in [1.54, 1.807) is 0 Å². The summed E-state index contributed by atoms with van der Waals surface area (Å²) in [6.45, 7) is 2.11. The minimum atomic E-state index is 0.337. The van der Waals surface area contributed by atoms with E-state index in [0.29, 0.717) is 12.0 Å². The molecule has 0 atom stereocenters. The summed E-state index contributed by atoms with van der Waals surface area (Å²) in [5.74, 6) is 1.27. The molecule has 2 fully saturated rings. The van der Waals surface area contributed by atoms with Gasteiger partial charge in [-0.1, -0.05) is 0 Å². The van der Waals surface area contributed by atoms with Crippen molar-refractivity contribution in [1.29, 1.82) is 0 Å². The molecule has 1 saturated heterocycles. The lowest BCUT2D eigenvalue weighted by molar-refractivity contribution is 0.642. The van der Waals surface area contributed by atoms with Gasteiger partial charge in [0, 0.05) is 30.9 Å². The van der Waals surface area contributed by atoms with Gasteiger partial charge in [-0.3, -0.25) is 4.68 Å². The highest BCUT2D eigenvalue weighted by molar-refractivity contribution is 5.63. The summed E-state index contributed by atoms with van der Waals surface area (Å²) in [4.78, 5) is 11.0. The van der Waals surface area contributed by atoms with Gasteiger partial charge in [0.05, 0.1) is 17.9 Å². The van der Waals surface area contributed by atoms with Gasteiger partial charge in [-0.2, -0.15) is 10.1 Å². The number of hydrogen-bond donors (Lipinski definition) is 1. The number of nitrogens with two attached hydrogens (primary N) is 1. The van der Waals surface area contributed by atoms with Crippen LogP contribution in [-0.4, -0.2) is 32.8 Å². The minimum absolute atomic E-state index is 0.337. The molecule has 1 aliphatic heterocycles. The Hall–Kier alpha value is -2.11. The first-order valence-corrected chi connectivity index (χ1v) is 7.23. The van der Waals surface area contributed by atoms with Crippen LogP contribution in [-0.2, 0) is 0 Å². The zero-order chi connectivity index (χ0) is 13.5. The van der Waals surface area contributed by atoms with Crippen molar-refractivity contribution in [2.75, 3.05) is 23.7 Å². The van der Waals surface area contributed by atoms with E-state index in [9.17, 15) is 0 Å². The monoisotopic (exact) mass is 270 g/mol. The highest BCUT2D eigenvalue weighted by Crippen LogP contribution is 2.35. The summed E-state index contributed by atoms with van der Waals surface area (Å²) >= 11 is 0. The minimum Gasteiger partial charge on any atom is -0.368 e. The van der Waals surface area contributed by atoms with Crippen LogP contribution in [0.3, 0.4) is 0 Å². The first kappa shape index (κ1) is 11.7. The molecule has 4 rings (SSSR count). The van der Waals surface area contributed by atoms with Crippen molar-refractivity contribution in [1.82, 2.24) is 19.7 Å². The van der Waals surface area contributed by atoms with E-state index in [2.05, 4.69) is 26.2 Å². The summed E-state index contributed by atoms with van der Waals surface area (Å²) in [5.41, 5.74) is 7.75. The van der Waals surface area contributed by atoms with Crippen molar-refractivity contribution < 1.29 is 0 Å². The topological polar surface area (TPSA) is 72.9 Å². The van der Waals surface area contributed by atoms with Crippen LogP contribution in [0.15, 0.2) is 18.5 Å². The van der Waals surface area contributed by atoms with Crippen LogP contribution in [0.2, 0.25) is 0 Å². The lowest BCUT2D eigenvalue weighted by atomic mass is 10.2. The average Bonchev–Trinajstić information content (AvgIpc) is 2.97. The molecule has 0 aromatic carbocycles. The van der Waals surface area contributed by atoms with Crippen molar-refractivity contribution in [3.8, 4) is 11.3 Å². The van der Waals surface area contributed by atoms with Crippen molar-refractivity contribution in [3.63, 3.8) is 0 Å². The predicted octanol–water partition coefficient (Wildman–Crippen LogP) is 1.86. The Morgan fingerprint density at radius 1 is 1.15 bits per heavy atom. The SMILES string of the molecule is Nc1nc(-c2cnn(C3CC3)c2)cc(N2CCCC2)n1. The van der Waals surface area contributed by atoms with Gasteiger partial charge in [0.25, 0.3) is 0 Å². The normalized spacial score (nSPS) is 18.7. The quantitative estimate of drug-likeness (QED) is 0.921. The lowest BCUT2D eigenvalue weighted by Gasteiger charge is -2.16. The largest absolute Gasteiger partial charge is 0.368 e. The highest BCUT2D eigenvalue weighted by Gasteiger charge is 2.24. The fraction of sp³-hybridized carbons (Fsp3) is 0.500. The summed E-state index contributed by atoms with van der Waals surface area (Å²) in [5, 5.41) is 4.41. The van der Waals surface area contributed by atoms with Gasteiger partial charge in [-0.15, -0.1) is 0 Å². The lowest BCUT2D eigenvalue weighted by Crippen LogP contribution is -2.19. The van der Waals surface area contributed by atoms with E-state index in [1.807, 2.05) is 16.9 Å². The third-order valence-electron chi connectivity index (χ3n) is 3.98. The number of nitrogens with zero attached hydrogens (tertiary/aromatic N) is 5. The zero-order valence-corrected chi connectivity index (χ0v) is 11.4. The molecular formula is C14H18N6. The molecule has 6 nitrogen and oxygen atoms in total. The smallest absolute Gasteiger partial charge is 0.222 e. The molecule has 104 valence electrons. The molecule has 2 N–H and O–H groups in total. The molecule has 2 aromatic rings.